The van der Waals surface area contributed by atoms with Crippen LogP contribution in [0.1, 0.15) is 37.8 Å². The van der Waals surface area contributed by atoms with E-state index in [2.05, 4.69) is 18.4 Å². The zero-order chi connectivity index (χ0) is 13.5. The number of hydrogen-bond donors (Lipinski definition) is 2. The molecule has 4 nitrogen and oxygen atoms in total. The first kappa shape index (κ1) is 13.9. The summed E-state index contributed by atoms with van der Waals surface area (Å²) in [7, 11) is 0. The Kier molecular flexibility index (Phi) is 5.24. The van der Waals surface area contributed by atoms with E-state index in [9.17, 15) is 0 Å². The van der Waals surface area contributed by atoms with E-state index >= 15 is 0 Å². The maximum atomic E-state index is 5.64. The van der Waals surface area contributed by atoms with Gasteiger partial charge in [-0.3, -0.25) is 5.84 Å². The third-order valence-electron chi connectivity index (χ3n) is 3.16. The zero-order valence-corrected chi connectivity index (χ0v) is 11.4. The quantitative estimate of drug-likeness (QED) is 0.450. The van der Waals surface area contributed by atoms with Gasteiger partial charge in [-0.05, 0) is 30.2 Å². The topological polar surface area (TPSA) is 56.5 Å². The van der Waals surface area contributed by atoms with Crippen molar-refractivity contribution in [3.8, 4) is 5.75 Å². The first-order chi connectivity index (χ1) is 9.35. The Balaban J connectivity index is 1.99. The monoisotopic (exact) mass is 262 g/mol. The lowest BCUT2D eigenvalue weighted by atomic mass is 10.1. The van der Waals surface area contributed by atoms with Crippen molar-refractivity contribution in [1.82, 2.24) is 5.43 Å². The van der Waals surface area contributed by atoms with Crippen LogP contribution in [0.5, 0.6) is 5.75 Å². The van der Waals surface area contributed by atoms with Crippen molar-refractivity contribution in [3.05, 3.63) is 41.7 Å². The predicted octanol–water partition coefficient (Wildman–Crippen LogP) is 2.67. The van der Waals surface area contributed by atoms with Crippen LogP contribution in [0.3, 0.4) is 0 Å². The zero-order valence-electron chi connectivity index (χ0n) is 11.4. The Morgan fingerprint density at radius 2 is 2.16 bits per heavy atom. The van der Waals surface area contributed by atoms with Crippen molar-refractivity contribution in [2.45, 2.75) is 32.2 Å². The van der Waals surface area contributed by atoms with Gasteiger partial charge in [0, 0.05) is 6.42 Å². The summed E-state index contributed by atoms with van der Waals surface area (Å²) in [6.45, 7) is 3.66. The summed E-state index contributed by atoms with van der Waals surface area (Å²) in [6.07, 6.45) is 5.25. The van der Waals surface area contributed by atoms with Gasteiger partial charge in [0.2, 0.25) is 0 Å². The van der Waals surface area contributed by atoms with Gasteiger partial charge in [-0.2, -0.15) is 0 Å². The van der Waals surface area contributed by atoms with Crippen LogP contribution in [0.15, 0.2) is 36.1 Å². The number of ether oxygens (including phenoxy) is 2. The third-order valence-corrected chi connectivity index (χ3v) is 3.16. The fourth-order valence-corrected chi connectivity index (χ4v) is 2.07. The Bertz CT molecular complexity index is 415. The van der Waals surface area contributed by atoms with E-state index in [1.807, 2.05) is 24.3 Å². The van der Waals surface area contributed by atoms with E-state index in [4.69, 9.17) is 15.3 Å². The molecule has 2 rings (SSSR count). The van der Waals surface area contributed by atoms with E-state index in [1.54, 1.807) is 0 Å². The highest BCUT2D eigenvalue weighted by atomic mass is 16.5. The van der Waals surface area contributed by atoms with Gasteiger partial charge in [-0.1, -0.05) is 25.5 Å². The minimum Gasteiger partial charge on any atom is -0.496 e. The smallest absolute Gasteiger partial charge is 0.119 e. The van der Waals surface area contributed by atoms with Gasteiger partial charge in [-0.25, -0.2) is 5.43 Å². The largest absolute Gasteiger partial charge is 0.496 e. The van der Waals surface area contributed by atoms with Crippen molar-refractivity contribution in [3.63, 3.8) is 0 Å². The van der Waals surface area contributed by atoms with Crippen LogP contribution >= 0.6 is 0 Å². The lowest BCUT2D eigenvalue weighted by Gasteiger charge is -2.18. The minimum atomic E-state index is -0.0767. The average molecular weight is 262 g/mol. The van der Waals surface area contributed by atoms with Gasteiger partial charge in [0.25, 0.3) is 0 Å². The highest BCUT2D eigenvalue weighted by molar-refractivity contribution is 5.32. The number of hydrogen-bond acceptors (Lipinski definition) is 4. The van der Waals surface area contributed by atoms with Crippen molar-refractivity contribution in [1.29, 1.82) is 0 Å². The molecule has 1 heterocycles. The molecule has 104 valence electrons. The second-order valence-corrected chi connectivity index (χ2v) is 4.61. The van der Waals surface area contributed by atoms with Gasteiger partial charge in [0.05, 0.1) is 13.2 Å². The average Bonchev–Trinajstić information content (AvgIpc) is 2.96. The number of nitrogens with one attached hydrogen (secondary N) is 1. The summed E-state index contributed by atoms with van der Waals surface area (Å²) >= 11 is 0. The first-order valence-corrected chi connectivity index (χ1v) is 6.87. The van der Waals surface area contributed by atoms with Gasteiger partial charge in [0.1, 0.15) is 17.6 Å². The van der Waals surface area contributed by atoms with Gasteiger partial charge < -0.3 is 9.47 Å². The molecule has 1 aromatic carbocycles. The second-order valence-electron chi connectivity index (χ2n) is 4.61. The summed E-state index contributed by atoms with van der Waals surface area (Å²) in [5, 5.41) is 0. The van der Waals surface area contributed by atoms with E-state index in [1.165, 1.54) is 0 Å². The van der Waals surface area contributed by atoms with E-state index in [-0.39, 0.29) is 6.04 Å². The third kappa shape index (κ3) is 3.72. The standard InChI is InChI=1S/C15H22N2O2/c1-2-3-10-18-13-8-6-12(7-9-13)15(17-16)14-5-4-11-19-14/h5-9,15,17H,2-4,10-11,16H2,1H3. The molecule has 0 aromatic heterocycles. The Hall–Kier alpha value is -1.52. The molecule has 0 spiro atoms. The van der Waals surface area contributed by atoms with Crippen LogP contribution in [-0.2, 0) is 4.74 Å². The van der Waals surface area contributed by atoms with Crippen molar-refractivity contribution in [2.24, 2.45) is 5.84 Å². The van der Waals surface area contributed by atoms with E-state index in [0.29, 0.717) is 0 Å². The van der Waals surface area contributed by atoms with Crippen LogP contribution in [-0.4, -0.2) is 13.2 Å². The minimum absolute atomic E-state index is 0.0767. The van der Waals surface area contributed by atoms with Crippen LogP contribution < -0.4 is 16.0 Å². The SMILES string of the molecule is CCCCOc1ccc(C(NN)C2=CCCO2)cc1. The molecule has 0 fully saturated rings. The summed E-state index contributed by atoms with van der Waals surface area (Å²) in [4.78, 5) is 0. The maximum absolute atomic E-state index is 5.64. The van der Waals surface area contributed by atoms with E-state index < -0.39 is 0 Å². The number of rotatable bonds is 7. The molecule has 0 saturated heterocycles. The second kappa shape index (κ2) is 7.16. The van der Waals surface area contributed by atoms with Crippen LogP contribution in [0.2, 0.25) is 0 Å². The molecule has 0 radical (unpaired) electrons. The lowest BCUT2D eigenvalue weighted by molar-refractivity contribution is 0.215. The molecule has 1 atom stereocenters. The summed E-state index contributed by atoms with van der Waals surface area (Å²) in [6, 6.07) is 7.92. The number of nitrogens with two attached hydrogens (primary N) is 1. The first-order valence-electron chi connectivity index (χ1n) is 6.87. The molecule has 3 N–H and O–H groups in total. The molecule has 0 amide bonds. The molecule has 19 heavy (non-hydrogen) atoms. The maximum Gasteiger partial charge on any atom is 0.119 e. The summed E-state index contributed by atoms with van der Waals surface area (Å²) in [5.41, 5.74) is 3.88. The highest BCUT2D eigenvalue weighted by Gasteiger charge is 2.19. The molecule has 1 aliphatic heterocycles. The van der Waals surface area contributed by atoms with Gasteiger partial charge >= 0.3 is 0 Å². The Labute approximate surface area is 114 Å². The Morgan fingerprint density at radius 3 is 2.74 bits per heavy atom. The molecular formula is C15H22N2O2. The lowest BCUT2D eigenvalue weighted by Crippen LogP contribution is -2.29. The number of unbranched alkanes of at least 4 members (excludes halogenated alkanes) is 1. The van der Waals surface area contributed by atoms with Gasteiger partial charge in [0.15, 0.2) is 0 Å². The predicted molar refractivity (Wildman–Crippen MR) is 75.6 cm³/mol. The molecule has 1 unspecified atom stereocenters. The normalized spacial score (nSPS) is 15.8. The fourth-order valence-electron chi connectivity index (χ4n) is 2.07. The van der Waals surface area contributed by atoms with Crippen molar-refractivity contribution in [2.75, 3.05) is 13.2 Å². The molecule has 1 aliphatic rings. The fraction of sp³-hybridized carbons (Fsp3) is 0.467. The molecule has 0 bridgehead atoms. The summed E-state index contributed by atoms with van der Waals surface area (Å²) in [5.74, 6) is 7.42. The highest BCUT2D eigenvalue weighted by Crippen LogP contribution is 2.27. The van der Waals surface area contributed by atoms with Crippen LogP contribution in [0.4, 0.5) is 0 Å². The van der Waals surface area contributed by atoms with Crippen LogP contribution in [0, 0.1) is 0 Å². The number of hydrazine groups is 1. The molecule has 4 heteroatoms. The van der Waals surface area contributed by atoms with Gasteiger partial charge in [-0.15, -0.1) is 0 Å². The molecule has 0 aliphatic carbocycles. The van der Waals surface area contributed by atoms with Crippen molar-refractivity contribution >= 4 is 0 Å². The number of benzene rings is 1. The Morgan fingerprint density at radius 1 is 1.37 bits per heavy atom. The summed E-state index contributed by atoms with van der Waals surface area (Å²) < 4.78 is 11.2. The molecular weight excluding hydrogens is 240 g/mol. The molecule has 0 saturated carbocycles. The molecule has 1 aromatic rings. The van der Waals surface area contributed by atoms with Crippen LogP contribution in [0.25, 0.3) is 0 Å². The van der Waals surface area contributed by atoms with Crippen molar-refractivity contribution < 1.29 is 9.47 Å². The van der Waals surface area contributed by atoms with E-state index in [0.717, 1.165) is 49.5 Å².